The summed E-state index contributed by atoms with van der Waals surface area (Å²) in [6.45, 7) is 0.584. The maximum absolute atomic E-state index is 12.1. The van der Waals surface area contributed by atoms with Gasteiger partial charge < -0.3 is 10.4 Å². The molecule has 21 heavy (non-hydrogen) atoms. The fourth-order valence-corrected chi connectivity index (χ4v) is 2.66. The van der Waals surface area contributed by atoms with Crippen molar-refractivity contribution in [3.8, 4) is 0 Å². The molecule has 2 rings (SSSR count). The summed E-state index contributed by atoms with van der Waals surface area (Å²) in [5, 5.41) is 12.0. The Morgan fingerprint density at radius 2 is 1.76 bits per heavy atom. The second-order valence-electron chi connectivity index (χ2n) is 5.37. The van der Waals surface area contributed by atoms with E-state index < -0.39 is 17.8 Å². The highest BCUT2D eigenvalue weighted by atomic mass is 16.4. The Hall–Kier alpha value is -2.10. The maximum atomic E-state index is 12.1. The smallest absolute Gasteiger partial charge is 0.307 e. The topological polar surface area (TPSA) is 66.4 Å². The van der Waals surface area contributed by atoms with Crippen molar-refractivity contribution < 1.29 is 14.7 Å². The monoisotopic (exact) mass is 287 g/mol. The maximum Gasteiger partial charge on any atom is 0.307 e. The molecule has 0 saturated carbocycles. The van der Waals surface area contributed by atoms with Crippen LogP contribution in [0.15, 0.2) is 42.5 Å². The molecule has 0 aliphatic heterocycles. The normalized spacial score (nSPS) is 21.0. The number of amides is 1. The third kappa shape index (κ3) is 4.45. The van der Waals surface area contributed by atoms with Crippen molar-refractivity contribution in [1.29, 1.82) is 0 Å². The van der Waals surface area contributed by atoms with E-state index in [-0.39, 0.29) is 5.91 Å². The number of carboxylic acids is 1. The number of aliphatic carboxylic acids is 1. The zero-order valence-electron chi connectivity index (χ0n) is 12.0. The van der Waals surface area contributed by atoms with Gasteiger partial charge in [-0.15, -0.1) is 0 Å². The predicted octanol–water partition coefficient (Wildman–Crippen LogP) is 2.40. The van der Waals surface area contributed by atoms with E-state index in [1.807, 2.05) is 30.4 Å². The van der Waals surface area contributed by atoms with Gasteiger partial charge in [0.2, 0.25) is 5.91 Å². The predicted molar refractivity (Wildman–Crippen MR) is 80.8 cm³/mol. The molecule has 0 fully saturated rings. The molecule has 4 nitrogen and oxygen atoms in total. The Morgan fingerprint density at radius 3 is 2.43 bits per heavy atom. The van der Waals surface area contributed by atoms with Crippen LogP contribution in [-0.2, 0) is 16.0 Å². The summed E-state index contributed by atoms with van der Waals surface area (Å²) >= 11 is 0. The number of hydrogen-bond acceptors (Lipinski definition) is 2. The SMILES string of the molecule is O=C(O)[C@@H]1CC=CC[C@H]1C(=O)NCCCc1ccccc1. The molecular formula is C17H21NO3. The molecule has 2 N–H and O–H groups in total. The standard InChI is InChI=1S/C17H21NO3/c19-16(14-10-4-5-11-15(14)17(20)21)18-12-6-9-13-7-2-1-3-8-13/h1-5,7-8,14-15H,6,9-12H2,(H,18,19)(H,20,21)/t14-,15-/m1/s1. The molecule has 112 valence electrons. The summed E-state index contributed by atoms with van der Waals surface area (Å²) in [6, 6.07) is 10.1. The van der Waals surface area contributed by atoms with Gasteiger partial charge in [-0.3, -0.25) is 9.59 Å². The van der Waals surface area contributed by atoms with E-state index in [2.05, 4.69) is 17.4 Å². The molecule has 0 radical (unpaired) electrons. The largest absolute Gasteiger partial charge is 0.481 e. The molecule has 0 heterocycles. The summed E-state index contributed by atoms with van der Waals surface area (Å²) in [7, 11) is 0. The highest BCUT2D eigenvalue weighted by Crippen LogP contribution is 2.25. The summed E-state index contributed by atoms with van der Waals surface area (Å²) in [5.74, 6) is -2.06. The Labute approximate surface area is 124 Å². The van der Waals surface area contributed by atoms with Crippen LogP contribution in [0, 0.1) is 11.8 Å². The number of carboxylic acid groups (broad SMARTS) is 1. The summed E-state index contributed by atoms with van der Waals surface area (Å²) in [4.78, 5) is 23.3. The lowest BCUT2D eigenvalue weighted by atomic mass is 9.82. The first kappa shape index (κ1) is 15.3. The second-order valence-corrected chi connectivity index (χ2v) is 5.37. The van der Waals surface area contributed by atoms with Gasteiger partial charge in [0, 0.05) is 6.54 Å². The van der Waals surface area contributed by atoms with E-state index in [0.717, 1.165) is 12.8 Å². The van der Waals surface area contributed by atoms with Crippen molar-refractivity contribution in [1.82, 2.24) is 5.32 Å². The van der Waals surface area contributed by atoms with E-state index in [1.165, 1.54) is 5.56 Å². The average Bonchev–Trinajstić information content (AvgIpc) is 2.52. The lowest BCUT2D eigenvalue weighted by Crippen LogP contribution is -2.39. The number of rotatable bonds is 6. The number of carbonyl (C=O) groups excluding carboxylic acids is 1. The summed E-state index contributed by atoms with van der Waals surface area (Å²) < 4.78 is 0. The minimum atomic E-state index is -0.885. The van der Waals surface area contributed by atoms with Gasteiger partial charge in [-0.1, -0.05) is 42.5 Å². The van der Waals surface area contributed by atoms with Crippen molar-refractivity contribution in [2.24, 2.45) is 11.8 Å². The molecule has 1 aromatic carbocycles. The van der Waals surface area contributed by atoms with Gasteiger partial charge in [-0.2, -0.15) is 0 Å². The van der Waals surface area contributed by atoms with Crippen molar-refractivity contribution in [2.45, 2.75) is 25.7 Å². The Morgan fingerprint density at radius 1 is 1.10 bits per heavy atom. The number of aryl methyl sites for hydroxylation is 1. The van der Waals surface area contributed by atoms with Gasteiger partial charge in [0.1, 0.15) is 0 Å². The number of hydrogen-bond donors (Lipinski definition) is 2. The van der Waals surface area contributed by atoms with Gasteiger partial charge in [-0.05, 0) is 31.2 Å². The lowest BCUT2D eigenvalue weighted by molar-refractivity contribution is -0.147. The van der Waals surface area contributed by atoms with Crippen molar-refractivity contribution >= 4 is 11.9 Å². The Bertz CT molecular complexity index is 510. The number of nitrogens with one attached hydrogen (secondary N) is 1. The van der Waals surface area contributed by atoms with Crippen LogP contribution in [0.25, 0.3) is 0 Å². The van der Waals surface area contributed by atoms with Crippen LogP contribution in [0.5, 0.6) is 0 Å². The van der Waals surface area contributed by atoms with Crippen LogP contribution < -0.4 is 5.32 Å². The molecule has 0 spiro atoms. The van der Waals surface area contributed by atoms with Gasteiger partial charge in [0.05, 0.1) is 11.8 Å². The van der Waals surface area contributed by atoms with E-state index in [1.54, 1.807) is 0 Å². The lowest BCUT2D eigenvalue weighted by Gasteiger charge is -2.24. The van der Waals surface area contributed by atoms with Crippen LogP contribution in [0.4, 0.5) is 0 Å². The molecule has 1 aliphatic rings. The van der Waals surface area contributed by atoms with Gasteiger partial charge in [-0.25, -0.2) is 0 Å². The minimum Gasteiger partial charge on any atom is -0.481 e. The molecule has 0 bridgehead atoms. The van der Waals surface area contributed by atoms with E-state index >= 15 is 0 Å². The van der Waals surface area contributed by atoms with E-state index in [0.29, 0.717) is 19.4 Å². The first-order valence-corrected chi connectivity index (χ1v) is 7.38. The Kier molecular flexibility index (Phi) is 5.55. The molecule has 0 aromatic heterocycles. The molecule has 1 amide bonds. The minimum absolute atomic E-state index is 0.139. The third-order valence-corrected chi connectivity index (χ3v) is 3.87. The molecule has 0 unspecified atom stereocenters. The van der Waals surface area contributed by atoms with Gasteiger partial charge in [0.25, 0.3) is 0 Å². The van der Waals surface area contributed by atoms with E-state index in [4.69, 9.17) is 5.11 Å². The molecule has 2 atom stereocenters. The van der Waals surface area contributed by atoms with Gasteiger partial charge in [0.15, 0.2) is 0 Å². The number of benzene rings is 1. The van der Waals surface area contributed by atoms with Crippen molar-refractivity contribution in [2.75, 3.05) is 6.54 Å². The fraction of sp³-hybridized carbons (Fsp3) is 0.412. The third-order valence-electron chi connectivity index (χ3n) is 3.87. The molecular weight excluding hydrogens is 266 g/mol. The molecule has 1 aliphatic carbocycles. The molecule has 4 heteroatoms. The van der Waals surface area contributed by atoms with Crippen molar-refractivity contribution in [3.63, 3.8) is 0 Å². The van der Waals surface area contributed by atoms with Crippen LogP contribution in [0.3, 0.4) is 0 Å². The number of carbonyl (C=O) groups is 2. The van der Waals surface area contributed by atoms with Gasteiger partial charge >= 0.3 is 5.97 Å². The zero-order valence-corrected chi connectivity index (χ0v) is 12.0. The first-order valence-electron chi connectivity index (χ1n) is 7.38. The van der Waals surface area contributed by atoms with Crippen LogP contribution >= 0.6 is 0 Å². The van der Waals surface area contributed by atoms with Crippen LogP contribution in [-0.4, -0.2) is 23.5 Å². The molecule has 1 aromatic rings. The zero-order chi connectivity index (χ0) is 15.1. The van der Waals surface area contributed by atoms with Crippen molar-refractivity contribution in [3.05, 3.63) is 48.0 Å². The first-order chi connectivity index (χ1) is 10.2. The quantitative estimate of drug-likeness (QED) is 0.623. The van der Waals surface area contributed by atoms with Crippen LogP contribution in [0.2, 0.25) is 0 Å². The van der Waals surface area contributed by atoms with Crippen LogP contribution in [0.1, 0.15) is 24.8 Å². The summed E-state index contributed by atoms with van der Waals surface area (Å²) in [5.41, 5.74) is 1.25. The number of allylic oxidation sites excluding steroid dienone is 2. The average molecular weight is 287 g/mol. The second kappa shape index (κ2) is 7.62. The van der Waals surface area contributed by atoms with E-state index in [9.17, 15) is 9.59 Å². The highest BCUT2D eigenvalue weighted by molar-refractivity contribution is 5.85. The summed E-state index contributed by atoms with van der Waals surface area (Å²) in [6.07, 6.45) is 6.47. The Balaban J connectivity index is 1.76. The highest BCUT2D eigenvalue weighted by Gasteiger charge is 2.33. The fourth-order valence-electron chi connectivity index (χ4n) is 2.66. The molecule has 0 saturated heterocycles.